The summed E-state index contributed by atoms with van der Waals surface area (Å²) in [7, 11) is -3.31. The topological polar surface area (TPSA) is 110 Å². The first-order chi connectivity index (χ1) is 11.9. The third-order valence-electron chi connectivity index (χ3n) is 3.96. The van der Waals surface area contributed by atoms with E-state index in [0.717, 1.165) is 38.5 Å². The molecule has 0 saturated heterocycles. The number of sulfonamides is 1. The van der Waals surface area contributed by atoms with Crippen LogP contribution in [0, 0.1) is 0 Å². The number of carbonyl (C=O) groups is 2. The molecule has 0 bridgehead atoms. The number of carboxylic acid groups (broad SMARTS) is 1. The number of aliphatic carboxylic acids is 1. The SMILES string of the molecule is CCCCCC(CCCS(=O)(=O)NCCCCCCC(=O)O)OC=O. The van der Waals surface area contributed by atoms with Crippen molar-refractivity contribution in [2.24, 2.45) is 0 Å². The van der Waals surface area contributed by atoms with E-state index in [-0.39, 0.29) is 18.3 Å². The molecule has 7 nitrogen and oxygen atoms in total. The van der Waals surface area contributed by atoms with Gasteiger partial charge in [-0.2, -0.15) is 0 Å². The zero-order chi connectivity index (χ0) is 19.0. The smallest absolute Gasteiger partial charge is 0.303 e. The van der Waals surface area contributed by atoms with Crippen LogP contribution in [0.15, 0.2) is 0 Å². The highest BCUT2D eigenvalue weighted by Gasteiger charge is 2.13. The molecule has 0 saturated carbocycles. The third-order valence-corrected chi connectivity index (χ3v) is 5.43. The van der Waals surface area contributed by atoms with E-state index in [9.17, 15) is 18.0 Å². The molecular formula is C17H33NO6S. The minimum atomic E-state index is -3.31. The first kappa shape index (κ1) is 23.9. The Morgan fingerprint density at radius 3 is 2.40 bits per heavy atom. The van der Waals surface area contributed by atoms with Crippen molar-refractivity contribution in [1.82, 2.24) is 4.72 Å². The molecule has 0 aliphatic heterocycles. The van der Waals surface area contributed by atoms with E-state index in [1.807, 2.05) is 0 Å². The summed E-state index contributed by atoms with van der Waals surface area (Å²) in [6.07, 6.45) is 7.80. The van der Waals surface area contributed by atoms with Crippen LogP contribution in [-0.2, 0) is 24.3 Å². The number of hydrogen-bond donors (Lipinski definition) is 2. The highest BCUT2D eigenvalue weighted by atomic mass is 32.2. The van der Waals surface area contributed by atoms with Crippen LogP contribution in [0.25, 0.3) is 0 Å². The van der Waals surface area contributed by atoms with Crippen LogP contribution >= 0.6 is 0 Å². The maximum atomic E-state index is 11.9. The summed E-state index contributed by atoms with van der Waals surface area (Å²) >= 11 is 0. The van der Waals surface area contributed by atoms with Gasteiger partial charge in [0.1, 0.15) is 6.10 Å². The molecule has 8 heteroatoms. The Labute approximate surface area is 151 Å². The van der Waals surface area contributed by atoms with E-state index < -0.39 is 16.0 Å². The lowest BCUT2D eigenvalue weighted by atomic mass is 10.1. The largest absolute Gasteiger partial charge is 0.481 e. The molecule has 0 rings (SSSR count). The van der Waals surface area contributed by atoms with Gasteiger partial charge in [-0.1, -0.05) is 32.6 Å². The molecule has 1 atom stereocenters. The van der Waals surface area contributed by atoms with Crippen molar-refractivity contribution in [1.29, 1.82) is 0 Å². The molecule has 25 heavy (non-hydrogen) atoms. The molecule has 0 aromatic heterocycles. The zero-order valence-corrected chi connectivity index (χ0v) is 16.1. The molecule has 1 unspecified atom stereocenters. The average Bonchev–Trinajstić information content (AvgIpc) is 2.53. The van der Waals surface area contributed by atoms with E-state index in [4.69, 9.17) is 9.84 Å². The standard InChI is InChI=1S/C17H33NO6S/c1-2-3-6-10-16(24-15-19)11-9-14-25(22,23)18-13-8-5-4-7-12-17(20)21/h15-16,18H,2-14H2,1H3,(H,20,21). The van der Waals surface area contributed by atoms with Gasteiger partial charge in [-0.05, 0) is 38.5 Å². The number of rotatable bonds is 18. The van der Waals surface area contributed by atoms with E-state index in [1.165, 1.54) is 0 Å². The maximum Gasteiger partial charge on any atom is 0.303 e. The molecule has 0 amide bonds. The molecule has 0 fully saturated rings. The number of carboxylic acids is 1. The Morgan fingerprint density at radius 1 is 1.08 bits per heavy atom. The van der Waals surface area contributed by atoms with Crippen LogP contribution in [0.3, 0.4) is 0 Å². The second-order valence-corrected chi connectivity index (χ2v) is 8.19. The molecule has 0 aromatic carbocycles. The van der Waals surface area contributed by atoms with Crippen LogP contribution in [0.1, 0.15) is 77.6 Å². The summed E-state index contributed by atoms with van der Waals surface area (Å²) in [6.45, 7) is 2.91. The van der Waals surface area contributed by atoms with Gasteiger partial charge < -0.3 is 9.84 Å². The normalized spacial score (nSPS) is 12.7. The monoisotopic (exact) mass is 379 g/mol. The summed E-state index contributed by atoms with van der Waals surface area (Å²) in [6, 6.07) is 0. The van der Waals surface area contributed by atoms with Crippen LogP contribution in [0.2, 0.25) is 0 Å². The maximum absolute atomic E-state index is 11.9. The first-order valence-electron chi connectivity index (χ1n) is 9.19. The minimum Gasteiger partial charge on any atom is -0.481 e. The van der Waals surface area contributed by atoms with Crippen molar-refractivity contribution < 1.29 is 27.9 Å². The predicted octanol–water partition coefficient (Wildman–Crippen LogP) is 2.84. The molecule has 0 heterocycles. The van der Waals surface area contributed by atoms with Gasteiger partial charge in [0.2, 0.25) is 10.0 Å². The number of hydrogen-bond acceptors (Lipinski definition) is 5. The first-order valence-corrected chi connectivity index (χ1v) is 10.8. The summed E-state index contributed by atoms with van der Waals surface area (Å²) < 4.78 is 31.4. The summed E-state index contributed by atoms with van der Waals surface area (Å²) in [5.74, 6) is -0.773. The molecule has 2 N–H and O–H groups in total. The van der Waals surface area contributed by atoms with E-state index in [0.29, 0.717) is 38.7 Å². The third kappa shape index (κ3) is 16.1. The van der Waals surface area contributed by atoms with E-state index >= 15 is 0 Å². The van der Waals surface area contributed by atoms with Gasteiger partial charge in [0.05, 0.1) is 5.75 Å². The highest BCUT2D eigenvalue weighted by molar-refractivity contribution is 7.89. The Hall–Kier alpha value is -1.15. The Kier molecular flexibility index (Phi) is 14.4. The number of unbranched alkanes of at least 4 members (excludes halogenated alkanes) is 5. The Bertz CT molecular complexity index is 452. The average molecular weight is 380 g/mol. The molecule has 0 spiro atoms. The lowest BCUT2D eigenvalue weighted by molar-refractivity contribution is -0.137. The summed E-state index contributed by atoms with van der Waals surface area (Å²) in [5, 5.41) is 8.52. The lowest BCUT2D eigenvalue weighted by Crippen LogP contribution is -2.28. The molecule has 0 aromatic rings. The van der Waals surface area contributed by atoms with Gasteiger partial charge in [0, 0.05) is 13.0 Å². The van der Waals surface area contributed by atoms with Crippen molar-refractivity contribution in [2.45, 2.75) is 83.7 Å². The van der Waals surface area contributed by atoms with Crippen LogP contribution in [0.4, 0.5) is 0 Å². The molecule has 148 valence electrons. The number of carbonyl (C=O) groups excluding carboxylic acids is 1. The molecule has 0 radical (unpaired) electrons. The molecule has 0 aliphatic rings. The zero-order valence-electron chi connectivity index (χ0n) is 15.2. The van der Waals surface area contributed by atoms with Crippen molar-refractivity contribution >= 4 is 22.5 Å². The highest BCUT2D eigenvalue weighted by Crippen LogP contribution is 2.12. The quantitative estimate of drug-likeness (QED) is 0.280. The van der Waals surface area contributed by atoms with Crippen molar-refractivity contribution in [3.63, 3.8) is 0 Å². The van der Waals surface area contributed by atoms with Gasteiger partial charge in [0.25, 0.3) is 6.47 Å². The fourth-order valence-electron chi connectivity index (χ4n) is 2.54. The van der Waals surface area contributed by atoms with Gasteiger partial charge in [-0.3, -0.25) is 9.59 Å². The van der Waals surface area contributed by atoms with Crippen LogP contribution < -0.4 is 4.72 Å². The lowest BCUT2D eigenvalue weighted by Gasteiger charge is -2.15. The van der Waals surface area contributed by atoms with Gasteiger partial charge in [-0.25, -0.2) is 13.1 Å². The Balaban J connectivity index is 3.82. The molecule has 0 aliphatic carbocycles. The predicted molar refractivity (Wildman–Crippen MR) is 96.8 cm³/mol. The second-order valence-electron chi connectivity index (χ2n) is 6.26. The molecular weight excluding hydrogens is 346 g/mol. The fourth-order valence-corrected chi connectivity index (χ4v) is 3.68. The minimum absolute atomic E-state index is 0.0263. The van der Waals surface area contributed by atoms with E-state index in [2.05, 4.69) is 11.6 Å². The summed E-state index contributed by atoms with van der Waals surface area (Å²) in [4.78, 5) is 20.9. The van der Waals surface area contributed by atoms with Gasteiger partial charge in [0.15, 0.2) is 0 Å². The van der Waals surface area contributed by atoms with Crippen molar-refractivity contribution in [3.8, 4) is 0 Å². The van der Waals surface area contributed by atoms with Gasteiger partial charge >= 0.3 is 5.97 Å². The van der Waals surface area contributed by atoms with E-state index in [1.54, 1.807) is 0 Å². The van der Waals surface area contributed by atoms with Gasteiger partial charge in [-0.15, -0.1) is 0 Å². The van der Waals surface area contributed by atoms with Crippen LogP contribution in [-0.4, -0.2) is 44.4 Å². The number of ether oxygens (including phenoxy) is 1. The van der Waals surface area contributed by atoms with Crippen molar-refractivity contribution in [2.75, 3.05) is 12.3 Å². The fraction of sp³-hybridized carbons (Fsp3) is 0.882. The number of nitrogens with one attached hydrogen (secondary N) is 1. The summed E-state index contributed by atoms with van der Waals surface area (Å²) in [5.41, 5.74) is 0. The second kappa shape index (κ2) is 15.1. The van der Waals surface area contributed by atoms with Crippen molar-refractivity contribution in [3.05, 3.63) is 0 Å². The Morgan fingerprint density at radius 2 is 1.76 bits per heavy atom. The van der Waals surface area contributed by atoms with Crippen LogP contribution in [0.5, 0.6) is 0 Å².